The number of furan rings is 1. The molecule has 0 radical (unpaired) electrons. The highest BCUT2D eigenvalue weighted by atomic mass is 16.3. The fourth-order valence-corrected chi connectivity index (χ4v) is 2.52. The lowest BCUT2D eigenvalue weighted by molar-refractivity contribution is 0.253. The molecule has 18 heavy (non-hydrogen) atoms. The van der Waals surface area contributed by atoms with Gasteiger partial charge in [-0.2, -0.15) is 0 Å². The molecule has 0 bridgehead atoms. The molecule has 2 aliphatic rings. The van der Waals surface area contributed by atoms with Crippen LogP contribution in [0.3, 0.4) is 0 Å². The molecule has 0 unspecified atom stereocenters. The van der Waals surface area contributed by atoms with Gasteiger partial charge in [0.1, 0.15) is 5.76 Å². The molecule has 3 nitrogen and oxygen atoms in total. The molecule has 1 aromatic rings. The topological polar surface area (TPSA) is 28.4 Å². The molecule has 0 amide bonds. The predicted molar refractivity (Wildman–Crippen MR) is 72.3 cm³/mol. The lowest BCUT2D eigenvalue weighted by atomic mass is 10.2. The van der Waals surface area contributed by atoms with Gasteiger partial charge in [-0.15, -0.1) is 0 Å². The van der Waals surface area contributed by atoms with Crippen LogP contribution in [0.2, 0.25) is 0 Å². The Hall–Kier alpha value is -0.800. The molecule has 2 aliphatic carbocycles. The smallest absolute Gasteiger partial charge is 0.122 e. The van der Waals surface area contributed by atoms with E-state index in [0.717, 1.165) is 30.9 Å². The minimum Gasteiger partial charge on any atom is -0.468 e. The Balaban J connectivity index is 1.57. The Labute approximate surface area is 110 Å². The number of nitrogens with one attached hydrogen (secondary N) is 1. The van der Waals surface area contributed by atoms with Crippen molar-refractivity contribution in [2.45, 2.75) is 64.2 Å². The Morgan fingerprint density at radius 1 is 1.33 bits per heavy atom. The van der Waals surface area contributed by atoms with Gasteiger partial charge in [-0.05, 0) is 44.7 Å². The van der Waals surface area contributed by atoms with Crippen molar-refractivity contribution in [3.8, 4) is 0 Å². The van der Waals surface area contributed by atoms with E-state index in [9.17, 15) is 0 Å². The molecular weight excluding hydrogens is 224 g/mol. The zero-order valence-corrected chi connectivity index (χ0v) is 11.3. The van der Waals surface area contributed by atoms with E-state index in [0.29, 0.717) is 0 Å². The van der Waals surface area contributed by atoms with E-state index in [1.165, 1.54) is 44.2 Å². The third-order valence-corrected chi connectivity index (χ3v) is 3.91. The van der Waals surface area contributed by atoms with Crippen molar-refractivity contribution in [3.63, 3.8) is 0 Å². The summed E-state index contributed by atoms with van der Waals surface area (Å²) >= 11 is 0. The second kappa shape index (κ2) is 5.45. The predicted octanol–water partition coefficient (Wildman–Crippen LogP) is 2.91. The van der Waals surface area contributed by atoms with Gasteiger partial charge < -0.3 is 9.73 Å². The lowest BCUT2D eigenvalue weighted by Gasteiger charge is -2.21. The highest BCUT2D eigenvalue weighted by Gasteiger charge is 2.29. The molecule has 2 saturated carbocycles. The summed E-state index contributed by atoms with van der Waals surface area (Å²) in [6, 6.07) is 3.73. The van der Waals surface area contributed by atoms with E-state index in [2.05, 4.69) is 23.2 Å². The second-order valence-electron chi connectivity index (χ2n) is 5.73. The van der Waals surface area contributed by atoms with Crippen LogP contribution in [0.1, 0.15) is 50.4 Å². The normalized spacial score (nSPS) is 19.7. The van der Waals surface area contributed by atoms with Crippen LogP contribution in [-0.4, -0.2) is 23.5 Å². The van der Waals surface area contributed by atoms with Gasteiger partial charge in [0, 0.05) is 24.2 Å². The molecule has 0 spiro atoms. The third kappa shape index (κ3) is 3.15. The molecule has 3 heteroatoms. The molecule has 0 aliphatic heterocycles. The van der Waals surface area contributed by atoms with Gasteiger partial charge in [0.05, 0.1) is 12.8 Å². The summed E-state index contributed by atoms with van der Waals surface area (Å²) in [4.78, 5) is 2.62. The molecular formula is C15H24N2O. The Kier molecular flexibility index (Phi) is 3.71. The second-order valence-corrected chi connectivity index (χ2v) is 5.73. The zero-order chi connectivity index (χ0) is 12.4. The largest absolute Gasteiger partial charge is 0.468 e. The summed E-state index contributed by atoms with van der Waals surface area (Å²) in [6.07, 6.45) is 8.52. The summed E-state index contributed by atoms with van der Waals surface area (Å²) in [5.41, 5.74) is 1.38. The van der Waals surface area contributed by atoms with Crippen molar-refractivity contribution in [3.05, 3.63) is 23.7 Å². The molecule has 3 rings (SSSR count). The van der Waals surface area contributed by atoms with Gasteiger partial charge >= 0.3 is 0 Å². The van der Waals surface area contributed by atoms with Gasteiger partial charge in [-0.1, -0.05) is 6.92 Å². The van der Waals surface area contributed by atoms with Crippen LogP contribution in [0.15, 0.2) is 16.7 Å². The standard InChI is InChI=1S/C15H24N2O/c1-2-8-17(14-5-6-14)11-12-7-9-18-15(12)10-16-13-3-4-13/h7,9,13-14,16H,2-6,8,10-11H2,1H3. The first-order chi connectivity index (χ1) is 8.86. The summed E-state index contributed by atoms with van der Waals surface area (Å²) < 4.78 is 5.63. The molecule has 1 heterocycles. The van der Waals surface area contributed by atoms with Gasteiger partial charge in [0.15, 0.2) is 0 Å². The monoisotopic (exact) mass is 248 g/mol. The quantitative estimate of drug-likeness (QED) is 0.767. The van der Waals surface area contributed by atoms with Crippen LogP contribution in [0.5, 0.6) is 0 Å². The minimum atomic E-state index is 0.748. The van der Waals surface area contributed by atoms with Crippen molar-refractivity contribution >= 4 is 0 Å². The van der Waals surface area contributed by atoms with E-state index in [4.69, 9.17) is 4.42 Å². The van der Waals surface area contributed by atoms with E-state index in [1.54, 1.807) is 0 Å². The summed E-state index contributed by atoms with van der Waals surface area (Å²) in [6.45, 7) is 5.44. The maximum Gasteiger partial charge on any atom is 0.122 e. The average molecular weight is 248 g/mol. The van der Waals surface area contributed by atoms with Crippen LogP contribution >= 0.6 is 0 Å². The summed E-state index contributed by atoms with van der Waals surface area (Å²) in [7, 11) is 0. The molecule has 100 valence electrons. The third-order valence-electron chi connectivity index (χ3n) is 3.91. The Morgan fingerprint density at radius 2 is 2.17 bits per heavy atom. The number of rotatable bonds is 8. The fourth-order valence-electron chi connectivity index (χ4n) is 2.52. The van der Waals surface area contributed by atoms with Crippen LogP contribution in [0.4, 0.5) is 0 Å². The summed E-state index contributed by atoms with van der Waals surface area (Å²) in [5.74, 6) is 1.14. The van der Waals surface area contributed by atoms with Crippen molar-refractivity contribution < 1.29 is 4.42 Å². The Morgan fingerprint density at radius 3 is 2.83 bits per heavy atom. The van der Waals surface area contributed by atoms with E-state index in [-0.39, 0.29) is 0 Å². The molecule has 1 aromatic heterocycles. The molecule has 0 aromatic carbocycles. The molecule has 0 atom stereocenters. The fraction of sp³-hybridized carbons (Fsp3) is 0.733. The van der Waals surface area contributed by atoms with Crippen LogP contribution in [-0.2, 0) is 13.1 Å². The first kappa shape index (κ1) is 12.2. The van der Waals surface area contributed by atoms with E-state index in [1.807, 2.05) is 6.26 Å². The zero-order valence-electron chi connectivity index (χ0n) is 11.3. The van der Waals surface area contributed by atoms with Crippen LogP contribution in [0, 0.1) is 0 Å². The van der Waals surface area contributed by atoms with Gasteiger partial charge in [0.2, 0.25) is 0 Å². The maximum absolute atomic E-state index is 5.63. The SMILES string of the molecule is CCCN(Cc1ccoc1CNC1CC1)C1CC1. The highest BCUT2D eigenvalue weighted by molar-refractivity contribution is 5.17. The van der Waals surface area contributed by atoms with Crippen LogP contribution in [0.25, 0.3) is 0 Å². The van der Waals surface area contributed by atoms with Crippen LogP contribution < -0.4 is 5.32 Å². The first-order valence-electron chi connectivity index (χ1n) is 7.39. The van der Waals surface area contributed by atoms with Crippen molar-refractivity contribution in [2.24, 2.45) is 0 Å². The first-order valence-corrected chi connectivity index (χ1v) is 7.39. The maximum atomic E-state index is 5.63. The van der Waals surface area contributed by atoms with Crippen molar-refractivity contribution in [2.75, 3.05) is 6.54 Å². The average Bonchev–Trinajstić information content (AvgIpc) is 3.27. The summed E-state index contributed by atoms with van der Waals surface area (Å²) in [5, 5.41) is 3.54. The number of hydrogen-bond acceptors (Lipinski definition) is 3. The minimum absolute atomic E-state index is 0.748. The van der Waals surface area contributed by atoms with Gasteiger partial charge in [0.25, 0.3) is 0 Å². The number of nitrogens with zero attached hydrogens (tertiary/aromatic N) is 1. The van der Waals surface area contributed by atoms with Gasteiger partial charge in [-0.25, -0.2) is 0 Å². The van der Waals surface area contributed by atoms with E-state index < -0.39 is 0 Å². The Bertz CT molecular complexity index is 380. The van der Waals surface area contributed by atoms with Crippen molar-refractivity contribution in [1.82, 2.24) is 10.2 Å². The van der Waals surface area contributed by atoms with E-state index >= 15 is 0 Å². The number of hydrogen-bond donors (Lipinski definition) is 1. The molecule has 1 N–H and O–H groups in total. The van der Waals surface area contributed by atoms with Gasteiger partial charge in [-0.3, -0.25) is 4.90 Å². The highest BCUT2D eigenvalue weighted by Crippen LogP contribution is 2.29. The lowest BCUT2D eigenvalue weighted by Crippen LogP contribution is -2.27. The molecule has 0 saturated heterocycles. The molecule has 2 fully saturated rings. The van der Waals surface area contributed by atoms with Crippen molar-refractivity contribution in [1.29, 1.82) is 0 Å².